The summed E-state index contributed by atoms with van der Waals surface area (Å²) in [5, 5.41) is 15.5. The maximum atomic E-state index is 13.6. The third kappa shape index (κ3) is 5.30. The van der Waals surface area contributed by atoms with Crippen molar-refractivity contribution in [2.45, 2.75) is 20.0 Å². The summed E-state index contributed by atoms with van der Waals surface area (Å²) in [6, 6.07) is 15.4. The van der Waals surface area contributed by atoms with Crippen molar-refractivity contribution in [1.29, 1.82) is 0 Å². The number of rotatable bonds is 8. The number of carboxylic acid groups (broad SMARTS) is 1. The lowest BCUT2D eigenvalue weighted by atomic mass is 10.2. The van der Waals surface area contributed by atoms with Crippen LogP contribution in [0, 0.1) is 0 Å². The van der Waals surface area contributed by atoms with Crippen LogP contribution in [0.5, 0.6) is 11.5 Å². The number of aliphatic carboxylic acids is 1. The van der Waals surface area contributed by atoms with Gasteiger partial charge >= 0.3 is 5.97 Å². The van der Waals surface area contributed by atoms with Crippen molar-refractivity contribution in [2.24, 2.45) is 5.10 Å². The van der Waals surface area contributed by atoms with Crippen LogP contribution in [0.3, 0.4) is 0 Å². The van der Waals surface area contributed by atoms with Gasteiger partial charge in [-0.15, -0.1) is 0 Å². The van der Waals surface area contributed by atoms with Gasteiger partial charge in [0.2, 0.25) is 5.82 Å². The molecule has 0 amide bonds. The number of nitrogens with zero attached hydrogens (tertiary/aromatic N) is 3. The van der Waals surface area contributed by atoms with Gasteiger partial charge in [0, 0.05) is 20.4 Å². The zero-order valence-corrected chi connectivity index (χ0v) is 24.1. The van der Waals surface area contributed by atoms with Crippen LogP contribution >= 0.6 is 39.1 Å². The average molecular weight is 645 g/mol. The van der Waals surface area contributed by atoms with Crippen molar-refractivity contribution in [3.05, 3.63) is 85.0 Å². The minimum atomic E-state index is -1.17. The molecule has 0 spiro atoms. The Bertz CT molecular complexity index is 1870. The highest BCUT2D eigenvalue weighted by atomic mass is 79.9. The van der Waals surface area contributed by atoms with Gasteiger partial charge in [-0.2, -0.15) is 9.78 Å². The standard InChI is InChI=1S/C28H20BrCl2N3O6/c1-3-38-21-12-16(23(29)24(31)25(21)39-14(2)28(36)37)13-32-34-26(33-19-7-5-4-6-18(19)27(34)35)22-11-15-10-17(30)8-9-20(15)40-22/h4-14H,3H2,1-2H3,(H,36,37)/t14-/m1/s1. The molecule has 204 valence electrons. The molecule has 5 aromatic rings. The van der Waals surface area contributed by atoms with Crippen LogP contribution in [0.1, 0.15) is 19.4 Å². The molecule has 0 unspecified atom stereocenters. The second-order valence-electron chi connectivity index (χ2n) is 8.56. The topological polar surface area (TPSA) is 116 Å². The van der Waals surface area contributed by atoms with E-state index >= 15 is 0 Å². The Hall–Kier alpha value is -3.86. The lowest BCUT2D eigenvalue weighted by Crippen LogP contribution is -2.23. The van der Waals surface area contributed by atoms with Crippen LogP contribution in [0.15, 0.2) is 73.4 Å². The molecule has 40 heavy (non-hydrogen) atoms. The number of furan rings is 1. The minimum absolute atomic E-state index is 0.0635. The maximum absolute atomic E-state index is 13.6. The summed E-state index contributed by atoms with van der Waals surface area (Å²) in [7, 11) is 0. The number of halogens is 3. The molecular weight excluding hydrogens is 625 g/mol. The van der Waals surface area contributed by atoms with Gasteiger partial charge in [-0.25, -0.2) is 9.78 Å². The zero-order valence-electron chi connectivity index (χ0n) is 21.0. The summed E-state index contributed by atoms with van der Waals surface area (Å²) in [5.74, 6) is -0.397. The summed E-state index contributed by atoms with van der Waals surface area (Å²) >= 11 is 16.1. The van der Waals surface area contributed by atoms with E-state index in [0.717, 1.165) is 10.1 Å². The Kier molecular flexibility index (Phi) is 7.84. The number of carbonyl (C=O) groups is 1. The van der Waals surface area contributed by atoms with E-state index in [-0.39, 0.29) is 29.0 Å². The first-order chi connectivity index (χ1) is 19.2. The van der Waals surface area contributed by atoms with E-state index in [1.165, 1.54) is 13.1 Å². The molecule has 0 aliphatic carbocycles. The van der Waals surface area contributed by atoms with Gasteiger partial charge < -0.3 is 19.0 Å². The predicted octanol–water partition coefficient (Wildman–Crippen LogP) is 7.01. The second-order valence-corrected chi connectivity index (χ2v) is 10.2. The van der Waals surface area contributed by atoms with Crippen molar-refractivity contribution in [2.75, 3.05) is 6.61 Å². The molecule has 0 bridgehead atoms. The molecule has 1 N–H and O–H groups in total. The van der Waals surface area contributed by atoms with Gasteiger partial charge in [0.25, 0.3) is 5.56 Å². The number of ether oxygens (including phenoxy) is 2. The molecule has 0 aliphatic heterocycles. The molecule has 5 rings (SSSR count). The maximum Gasteiger partial charge on any atom is 0.344 e. The van der Waals surface area contributed by atoms with Crippen molar-refractivity contribution in [1.82, 2.24) is 9.66 Å². The van der Waals surface area contributed by atoms with E-state index in [9.17, 15) is 14.7 Å². The first kappa shape index (κ1) is 27.7. The Morgan fingerprint density at radius 1 is 1.23 bits per heavy atom. The van der Waals surface area contributed by atoms with E-state index in [0.29, 0.717) is 37.3 Å². The molecule has 2 aromatic heterocycles. The highest BCUT2D eigenvalue weighted by Gasteiger charge is 2.23. The van der Waals surface area contributed by atoms with Gasteiger partial charge in [0.05, 0.1) is 23.7 Å². The van der Waals surface area contributed by atoms with E-state index in [4.69, 9.17) is 37.1 Å². The lowest BCUT2D eigenvalue weighted by Gasteiger charge is -2.18. The number of para-hydroxylation sites is 1. The van der Waals surface area contributed by atoms with E-state index in [1.54, 1.807) is 61.5 Å². The normalized spacial score (nSPS) is 12.3. The molecule has 0 saturated heterocycles. The predicted molar refractivity (Wildman–Crippen MR) is 157 cm³/mol. The summed E-state index contributed by atoms with van der Waals surface area (Å²) < 4.78 is 18.7. The monoisotopic (exact) mass is 643 g/mol. The van der Waals surface area contributed by atoms with Crippen LogP contribution in [0.4, 0.5) is 0 Å². The average Bonchev–Trinajstić information content (AvgIpc) is 3.35. The van der Waals surface area contributed by atoms with Crippen molar-refractivity contribution in [3.63, 3.8) is 0 Å². The number of benzene rings is 3. The molecule has 0 radical (unpaired) electrons. The van der Waals surface area contributed by atoms with Crippen molar-refractivity contribution in [3.8, 4) is 23.1 Å². The molecule has 0 saturated carbocycles. The number of fused-ring (bicyclic) bond motifs is 2. The molecule has 9 nitrogen and oxygen atoms in total. The fraction of sp³-hybridized carbons (Fsp3) is 0.143. The van der Waals surface area contributed by atoms with Gasteiger partial charge in [-0.1, -0.05) is 35.3 Å². The molecule has 2 heterocycles. The summed E-state index contributed by atoms with van der Waals surface area (Å²) in [6.07, 6.45) is 0.232. The minimum Gasteiger partial charge on any atom is -0.490 e. The van der Waals surface area contributed by atoms with E-state index < -0.39 is 17.6 Å². The van der Waals surface area contributed by atoms with Gasteiger partial charge in [-0.3, -0.25) is 4.79 Å². The largest absolute Gasteiger partial charge is 0.490 e. The van der Waals surface area contributed by atoms with Crippen LogP contribution in [0.25, 0.3) is 33.5 Å². The summed E-state index contributed by atoms with van der Waals surface area (Å²) in [4.78, 5) is 29.6. The van der Waals surface area contributed by atoms with Gasteiger partial charge in [0.15, 0.2) is 23.4 Å². The quantitative estimate of drug-likeness (QED) is 0.181. The van der Waals surface area contributed by atoms with Crippen molar-refractivity contribution < 1.29 is 23.8 Å². The molecular formula is C28H20BrCl2N3O6. The number of carboxylic acids is 1. The van der Waals surface area contributed by atoms with E-state index in [2.05, 4.69) is 26.0 Å². The van der Waals surface area contributed by atoms with E-state index in [1.807, 2.05) is 0 Å². The fourth-order valence-corrected chi connectivity index (χ4v) is 4.76. The van der Waals surface area contributed by atoms with Crippen LogP contribution in [-0.4, -0.2) is 39.7 Å². The third-order valence-electron chi connectivity index (χ3n) is 5.86. The number of hydrogen-bond donors (Lipinski definition) is 1. The first-order valence-electron chi connectivity index (χ1n) is 12.0. The third-order valence-corrected chi connectivity index (χ3v) is 7.54. The molecule has 1 atom stereocenters. The van der Waals surface area contributed by atoms with Crippen LogP contribution < -0.4 is 15.0 Å². The van der Waals surface area contributed by atoms with Crippen LogP contribution in [-0.2, 0) is 4.79 Å². The molecule has 3 aromatic carbocycles. The first-order valence-corrected chi connectivity index (χ1v) is 13.5. The molecule has 0 aliphatic rings. The molecule has 12 heteroatoms. The van der Waals surface area contributed by atoms with Gasteiger partial charge in [-0.05, 0) is 72.2 Å². The highest BCUT2D eigenvalue weighted by molar-refractivity contribution is 9.10. The Morgan fingerprint density at radius 2 is 2.00 bits per heavy atom. The summed E-state index contributed by atoms with van der Waals surface area (Å²) in [6.45, 7) is 3.41. The lowest BCUT2D eigenvalue weighted by molar-refractivity contribution is -0.144. The van der Waals surface area contributed by atoms with Gasteiger partial charge in [0.1, 0.15) is 10.6 Å². The summed E-state index contributed by atoms with van der Waals surface area (Å²) in [5.41, 5.74) is 1.06. The second kappa shape index (κ2) is 11.3. The molecule has 0 fully saturated rings. The van der Waals surface area contributed by atoms with Crippen LogP contribution in [0.2, 0.25) is 10.0 Å². The number of hydrogen-bond acceptors (Lipinski definition) is 7. The number of aromatic nitrogens is 2. The SMILES string of the molecule is CCOc1cc(C=Nn2c(-c3cc4cc(Cl)ccc4o3)nc3ccccc3c2=O)c(Br)c(Cl)c1O[C@H](C)C(=O)O. The smallest absolute Gasteiger partial charge is 0.344 e. The Balaban J connectivity index is 1.67. The fourth-order valence-electron chi connectivity index (χ4n) is 3.93. The van der Waals surface area contributed by atoms with Crippen molar-refractivity contribution >= 4 is 73.2 Å². The Morgan fingerprint density at radius 3 is 2.75 bits per heavy atom. The Labute approximate surface area is 245 Å². The highest BCUT2D eigenvalue weighted by Crippen LogP contribution is 2.43. The zero-order chi connectivity index (χ0) is 28.6.